The van der Waals surface area contributed by atoms with Crippen molar-refractivity contribution in [2.24, 2.45) is 0 Å². The molecular formula is C21H21NO4S. The quantitative estimate of drug-likeness (QED) is 0.657. The van der Waals surface area contributed by atoms with Gasteiger partial charge in [0.1, 0.15) is 6.61 Å². The summed E-state index contributed by atoms with van der Waals surface area (Å²) in [7, 11) is -2.15. The summed E-state index contributed by atoms with van der Waals surface area (Å²) in [6.07, 6.45) is 0. The Morgan fingerprint density at radius 1 is 0.889 bits per heavy atom. The minimum atomic E-state index is -3.67. The molecule has 0 unspecified atom stereocenters. The molecule has 3 aromatic rings. The average Bonchev–Trinajstić information content (AvgIpc) is 2.67. The van der Waals surface area contributed by atoms with Crippen molar-refractivity contribution in [3.8, 4) is 11.5 Å². The first-order chi connectivity index (χ1) is 13.0. The molecule has 5 nitrogen and oxygen atoms in total. The summed E-state index contributed by atoms with van der Waals surface area (Å²) < 4.78 is 38.8. The Morgan fingerprint density at radius 2 is 1.59 bits per heavy atom. The maximum absolute atomic E-state index is 12.5. The number of methoxy groups -OCH3 is 1. The van der Waals surface area contributed by atoms with Crippen LogP contribution in [0, 0.1) is 6.92 Å². The van der Waals surface area contributed by atoms with E-state index in [-0.39, 0.29) is 4.90 Å². The standard InChI is InChI=1S/C21H21NO4S/c1-16-8-11-19(12-9-16)27(23,24)22-18-10-13-20(21(14-18)25-2)26-15-17-6-4-3-5-7-17/h3-14,22H,15H2,1-2H3. The van der Waals surface area contributed by atoms with Crippen LogP contribution in [0.3, 0.4) is 0 Å². The maximum atomic E-state index is 12.5. The lowest BCUT2D eigenvalue weighted by Gasteiger charge is -2.14. The van der Waals surface area contributed by atoms with Gasteiger partial charge in [0.2, 0.25) is 0 Å². The van der Waals surface area contributed by atoms with E-state index >= 15 is 0 Å². The number of anilines is 1. The van der Waals surface area contributed by atoms with Crippen molar-refractivity contribution in [3.05, 3.63) is 83.9 Å². The molecule has 0 heterocycles. The normalized spacial score (nSPS) is 11.0. The lowest BCUT2D eigenvalue weighted by molar-refractivity contribution is 0.284. The van der Waals surface area contributed by atoms with Gasteiger partial charge in [0.25, 0.3) is 10.0 Å². The predicted octanol–water partition coefficient (Wildman–Crippen LogP) is 4.38. The highest BCUT2D eigenvalue weighted by Crippen LogP contribution is 2.31. The van der Waals surface area contributed by atoms with Crippen molar-refractivity contribution in [2.75, 3.05) is 11.8 Å². The number of sulfonamides is 1. The lowest BCUT2D eigenvalue weighted by Crippen LogP contribution is -2.13. The second-order valence-corrected chi connectivity index (χ2v) is 7.74. The predicted molar refractivity (Wildman–Crippen MR) is 106 cm³/mol. The molecule has 0 amide bonds. The molecule has 0 aromatic heterocycles. The summed E-state index contributed by atoms with van der Waals surface area (Å²) in [6, 6.07) is 21.4. The van der Waals surface area contributed by atoms with Gasteiger partial charge in [0.15, 0.2) is 11.5 Å². The molecule has 140 valence electrons. The van der Waals surface area contributed by atoms with Gasteiger partial charge in [-0.3, -0.25) is 4.72 Å². The number of hydrogen-bond donors (Lipinski definition) is 1. The summed E-state index contributed by atoms with van der Waals surface area (Å²) in [5.41, 5.74) is 2.43. The fraction of sp³-hybridized carbons (Fsp3) is 0.143. The molecule has 3 rings (SSSR count). The van der Waals surface area contributed by atoms with Crippen molar-refractivity contribution in [2.45, 2.75) is 18.4 Å². The van der Waals surface area contributed by atoms with Gasteiger partial charge in [0.05, 0.1) is 17.7 Å². The Kier molecular flexibility index (Phi) is 5.66. The molecule has 0 atom stereocenters. The first-order valence-corrected chi connectivity index (χ1v) is 9.90. The summed E-state index contributed by atoms with van der Waals surface area (Å²) in [4.78, 5) is 0.205. The molecule has 0 aliphatic rings. The van der Waals surface area contributed by atoms with Crippen LogP contribution in [-0.2, 0) is 16.6 Å². The molecule has 0 aliphatic carbocycles. The number of rotatable bonds is 7. The second-order valence-electron chi connectivity index (χ2n) is 6.06. The van der Waals surface area contributed by atoms with Crippen LogP contribution in [-0.4, -0.2) is 15.5 Å². The van der Waals surface area contributed by atoms with Gasteiger partial charge in [-0.1, -0.05) is 48.0 Å². The summed E-state index contributed by atoms with van der Waals surface area (Å²) in [5, 5.41) is 0. The van der Waals surface area contributed by atoms with Crippen LogP contribution in [0.15, 0.2) is 77.7 Å². The lowest BCUT2D eigenvalue weighted by atomic mass is 10.2. The van der Waals surface area contributed by atoms with Crippen molar-refractivity contribution < 1.29 is 17.9 Å². The molecule has 0 fully saturated rings. The van der Waals surface area contributed by atoms with Gasteiger partial charge in [0, 0.05) is 6.07 Å². The van der Waals surface area contributed by atoms with E-state index in [0.717, 1.165) is 11.1 Å². The third-order valence-electron chi connectivity index (χ3n) is 3.98. The van der Waals surface area contributed by atoms with Crippen LogP contribution in [0.5, 0.6) is 11.5 Å². The van der Waals surface area contributed by atoms with Crippen LogP contribution in [0.25, 0.3) is 0 Å². The number of aryl methyl sites for hydroxylation is 1. The van der Waals surface area contributed by atoms with Crippen LogP contribution >= 0.6 is 0 Å². The third-order valence-corrected chi connectivity index (χ3v) is 5.38. The zero-order valence-electron chi connectivity index (χ0n) is 15.2. The Labute approximate surface area is 159 Å². The Morgan fingerprint density at radius 3 is 2.26 bits per heavy atom. The third kappa shape index (κ3) is 4.80. The molecule has 1 N–H and O–H groups in total. The van der Waals surface area contributed by atoms with Gasteiger partial charge in [-0.2, -0.15) is 0 Å². The highest BCUT2D eigenvalue weighted by atomic mass is 32.2. The summed E-state index contributed by atoms with van der Waals surface area (Å²) in [5.74, 6) is 0.995. The monoisotopic (exact) mass is 383 g/mol. The minimum absolute atomic E-state index is 0.205. The Bertz CT molecular complexity index is 1000. The zero-order chi connectivity index (χ0) is 19.3. The molecular weight excluding hydrogens is 362 g/mol. The first kappa shape index (κ1) is 18.8. The number of nitrogens with one attached hydrogen (secondary N) is 1. The van der Waals surface area contributed by atoms with Gasteiger partial charge in [-0.05, 0) is 36.8 Å². The van der Waals surface area contributed by atoms with Gasteiger partial charge < -0.3 is 9.47 Å². The molecule has 0 saturated carbocycles. The number of hydrogen-bond acceptors (Lipinski definition) is 4. The van der Waals surface area contributed by atoms with Crippen LogP contribution in [0.1, 0.15) is 11.1 Å². The van der Waals surface area contributed by atoms with Crippen LogP contribution < -0.4 is 14.2 Å². The minimum Gasteiger partial charge on any atom is -0.493 e. The molecule has 6 heteroatoms. The SMILES string of the molecule is COc1cc(NS(=O)(=O)c2ccc(C)cc2)ccc1OCc1ccccc1. The molecule has 0 spiro atoms. The highest BCUT2D eigenvalue weighted by molar-refractivity contribution is 7.92. The van der Waals surface area contributed by atoms with Crippen molar-refractivity contribution in [3.63, 3.8) is 0 Å². The molecule has 3 aromatic carbocycles. The van der Waals surface area contributed by atoms with Gasteiger partial charge >= 0.3 is 0 Å². The number of benzene rings is 3. The van der Waals surface area contributed by atoms with Crippen molar-refractivity contribution in [1.29, 1.82) is 0 Å². The summed E-state index contributed by atoms with van der Waals surface area (Å²) >= 11 is 0. The average molecular weight is 383 g/mol. The molecule has 0 bridgehead atoms. The van der Waals surface area contributed by atoms with E-state index in [2.05, 4.69) is 4.72 Å². The molecule has 27 heavy (non-hydrogen) atoms. The van der Waals surface area contributed by atoms with E-state index in [9.17, 15) is 8.42 Å². The molecule has 0 aliphatic heterocycles. The largest absolute Gasteiger partial charge is 0.493 e. The van der Waals surface area contributed by atoms with Crippen LogP contribution in [0.4, 0.5) is 5.69 Å². The smallest absolute Gasteiger partial charge is 0.261 e. The van der Waals surface area contributed by atoms with E-state index in [1.165, 1.54) is 7.11 Å². The van der Waals surface area contributed by atoms with Crippen LogP contribution in [0.2, 0.25) is 0 Å². The Hall–Kier alpha value is -2.99. The first-order valence-electron chi connectivity index (χ1n) is 8.42. The molecule has 0 radical (unpaired) electrons. The van der Waals surface area contributed by atoms with Crippen molar-refractivity contribution in [1.82, 2.24) is 0 Å². The highest BCUT2D eigenvalue weighted by Gasteiger charge is 2.15. The Balaban J connectivity index is 1.76. The van der Waals surface area contributed by atoms with E-state index < -0.39 is 10.0 Å². The number of ether oxygens (including phenoxy) is 2. The van der Waals surface area contributed by atoms with E-state index in [1.807, 2.05) is 37.3 Å². The van der Waals surface area contributed by atoms with E-state index in [4.69, 9.17) is 9.47 Å². The van der Waals surface area contributed by atoms with Gasteiger partial charge in [-0.25, -0.2) is 8.42 Å². The fourth-order valence-corrected chi connectivity index (χ4v) is 3.57. The van der Waals surface area contributed by atoms with E-state index in [0.29, 0.717) is 23.8 Å². The maximum Gasteiger partial charge on any atom is 0.261 e. The zero-order valence-corrected chi connectivity index (χ0v) is 16.0. The molecule has 0 saturated heterocycles. The van der Waals surface area contributed by atoms with E-state index in [1.54, 1.807) is 42.5 Å². The topological polar surface area (TPSA) is 64.6 Å². The van der Waals surface area contributed by atoms with Crippen molar-refractivity contribution >= 4 is 15.7 Å². The van der Waals surface area contributed by atoms with Gasteiger partial charge in [-0.15, -0.1) is 0 Å². The second kappa shape index (κ2) is 8.14. The summed E-state index contributed by atoms with van der Waals surface area (Å²) in [6.45, 7) is 2.30. The fourth-order valence-electron chi connectivity index (χ4n) is 2.52.